The van der Waals surface area contributed by atoms with Gasteiger partial charge in [0.1, 0.15) is 12.3 Å². The van der Waals surface area contributed by atoms with E-state index in [1.54, 1.807) is 31.4 Å². The molecule has 42 heavy (non-hydrogen) atoms. The molecule has 0 radical (unpaired) electrons. The number of benzene rings is 2. The molecular weight excluding hydrogens is 598 g/mol. The molecule has 0 saturated heterocycles. The summed E-state index contributed by atoms with van der Waals surface area (Å²) in [7, 11) is 1.60. The number of halogens is 1. The van der Waals surface area contributed by atoms with Crippen molar-refractivity contribution in [2.24, 2.45) is 10.8 Å². The Kier molecular flexibility index (Phi) is 8.05. The first-order valence-electron chi connectivity index (χ1n) is 14.2. The van der Waals surface area contributed by atoms with E-state index in [-0.39, 0.29) is 34.7 Å². The molecule has 2 aromatic carbocycles. The minimum atomic E-state index is -0.589. The normalized spacial score (nSPS) is 19.8. The van der Waals surface area contributed by atoms with Gasteiger partial charge in [-0.25, -0.2) is 0 Å². The highest BCUT2D eigenvalue weighted by atomic mass is 79.9. The molecule has 0 saturated carbocycles. The second-order valence-corrected chi connectivity index (χ2v) is 13.9. The Morgan fingerprint density at radius 1 is 0.833 bits per heavy atom. The number of nitrogens with zero attached hydrogens (tertiary/aromatic N) is 1. The molecule has 1 heterocycles. The molecular formula is C34H36BrNO6. The number of Topliss-reactive ketones (excluding diaryl/α,β-unsaturated/α-hetero) is 3. The second kappa shape index (κ2) is 11.3. The third-order valence-corrected chi connectivity index (χ3v) is 8.82. The van der Waals surface area contributed by atoms with Gasteiger partial charge in [0.25, 0.3) is 0 Å². The van der Waals surface area contributed by atoms with Crippen LogP contribution in [0.25, 0.3) is 0 Å². The molecule has 220 valence electrons. The molecule has 2 aliphatic carbocycles. The van der Waals surface area contributed by atoms with E-state index in [4.69, 9.17) is 9.47 Å². The van der Waals surface area contributed by atoms with Gasteiger partial charge in [-0.3, -0.25) is 19.2 Å². The van der Waals surface area contributed by atoms with Crippen molar-refractivity contribution >= 4 is 39.2 Å². The summed E-state index contributed by atoms with van der Waals surface area (Å²) in [6, 6.07) is 14.4. The van der Waals surface area contributed by atoms with Crippen molar-refractivity contribution in [2.45, 2.75) is 59.3 Å². The van der Waals surface area contributed by atoms with Crippen LogP contribution < -0.4 is 4.74 Å². The van der Waals surface area contributed by atoms with Crippen LogP contribution in [-0.4, -0.2) is 48.5 Å². The zero-order chi connectivity index (χ0) is 30.4. The van der Waals surface area contributed by atoms with E-state index in [0.717, 1.165) is 21.4 Å². The van der Waals surface area contributed by atoms with Crippen molar-refractivity contribution in [2.75, 3.05) is 20.3 Å². The van der Waals surface area contributed by atoms with Crippen LogP contribution >= 0.6 is 15.9 Å². The van der Waals surface area contributed by atoms with Gasteiger partial charge in [0, 0.05) is 51.3 Å². The van der Waals surface area contributed by atoms with Gasteiger partial charge in [-0.1, -0.05) is 67.9 Å². The van der Waals surface area contributed by atoms with Crippen molar-refractivity contribution in [3.8, 4) is 5.75 Å². The van der Waals surface area contributed by atoms with Gasteiger partial charge < -0.3 is 14.4 Å². The van der Waals surface area contributed by atoms with Crippen LogP contribution in [0.2, 0.25) is 0 Å². The highest BCUT2D eigenvalue weighted by Crippen LogP contribution is 2.54. The van der Waals surface area contributed by atoms with E-state index < -0.39 is 18.5 Å². The average molecular weight is 635 g/mol. The SMILES string of the molecule is COc1ccc(C2C3=C(CC(C)(C)CC3=O)N(CC(=O)OCC(=O)c3ccc(Br)cc3)C3=C2C(=O)CC(C)(C)C3)cc1. The highest BCUT2D eigenvalue weighted by Gasteiger charge is 2.49. The zero-order valence-electron chi connectivity index (χ0n) is 24.7. The van der Waals surface area contributed by atoms with Gasteiger partial charge in [0.15, 0.2) is 24.0 Å². The van der Waals surface area contributed by atoms with Crippen molar-refractivity contribution < 1.29 is 28.7 Å². The Morgan fingerprint density at radius 2 is 1.36 bits per heavy atom. The summed E-state index contributed by atoms with van der Waals surface area (Å²) in [4.78, 5) is 55.6. The Bertz CT molecular complexity index is 1460. The van der Waals surface area contributed by atoms with Gasteiger partial charge >= 0.3 is 5.97 Å². The monoisotopic (exact) mass is 633 g/mol. The Balaban J connectivity index is 1.54. The van der Waals surface area contributed by atoms with Gasteiger partial charge in [0.05, 0.1) is 7.11 Å². The molecule has 0 spiro atoms. The number of esters is 1. The average Bonchev–Trinajstić information content (AvgIpc) is 2.91. The summed E-state index contributed by atoms with van der Waals surface area (Å²) in [5, 5.41) is 0. The topological polar surface area (TPSA) is 90.0 Å². The van der Waals surface area contributed by atoms with Crippen molar-refractivity contribution in [3.05, 3.63) is 86.7 Å². The highest BCUT2D eigenvalue weighted by molar-refractivity contribution is 9.10. The molecule has 0 atom stereocenters. The molecule has 0 bridgehead atoms. The van der Waals surface area contributed by atoms with Crippen LogP contribution in [0.15, 0.2) is 75.5 Å². The van der Waals surface area contributed by atoms with Gasteiger partial charge in [-0.2, -0.15) is 0 Å². The van der Waals surface area contributed by atoms with Crippen molar-refractivity contribution in [3.63, 3.8) is 0 Å². The summed E-state index contributed by atoms with van der Waals surface area (Å²) < 4.78 is 11.7. The number of methoxy groups -OCH3 is 1. The van der Waals surface area contributed by atoms with Crippen LogP contribution in [0.5, 0.6) is 5.75 Å². The first-order chi connectivity index (χ1) is 19.8. The minimum absolute atomic E-state index is 0.0185. The number of allylic oxidation sites excluding steroid dienone is 4. The summed E-state index contributed by atoms with van der Waals surface area (Å²) in [6.07, 6.45) is 1.83. The fourth-order valence-corrected chi connectivity index (χ4v) is 6.67. The van der Waals surface area contributed by atoms with Crippen molar-refractivity contribution in [1.29, 1.82) is 0 Å². The number of carbonyl (C=O) groups is 4. The lowest BCUT2D eigenvalue weighted by atomic mass is 9.63. The molecule has 2 aromatic rings. The van der Waals surface area contributed by atoms with E-state index in [9.17, 15) is 19.2 Å². The predicted octanol–water partition coefficient (Wildman–Crippen LogP) is 6.57. The van der Waals surface area contributed by atoms with Gasteiger partial charge in [0.2, 0.25) is 0 Å². The van der Waals surface area contributed by atoms with Gasteiger partial charge in [-0.15, -0.1) is 0 Å². The molecule has 0 fully saturated rings. The lowest BCUT2D eigenvalue weighted by Crippen LogP contribution is -2.46. The third kappa shape index (κ3) is 6.00. The second-order valence-electron chi connectivity index (χ2n) is 13.0. The van der Waals surface area contributed by atoms with E-state index in [0.29, 0.717) is 48.1 Å². The molecule has 1 aliphatic heterocycles. The van der Waals surface area contributed by atoms with E-state index in [1.807, 2.05) is 56.9 Å². The summed E-state index contributed by atoms with van der Waals surface area (Å²) >= 11 is 3.35. The zero-order valence-corrected chi connectivity index (χ0v) is 26.3. The van der Waals surface area contributed by atoms with E-state index in [2.05, 4.69) is 15.9 Å². The quantitative estimate of drug-likeness (QED) is 0.252. The van der Waals surface area contributed by atoms with Crippen LogP contribution in [0, 0.1) is 10.8 Å². The fraction of sp³-hybridized carbons (Fsp3) is 0.412. The van der Waals surface area contributed by atoms with Crippen LogP contribution in [0.3, 0.4) is 0 Å². The third-order valence-electron chi connectivity index (χ3n) is 8.29. The number of carbonyl (C=O) groups excluding carboxylic acids is 4. The lowest BCUT2D eigenvalue weighted by Gasteiger charge is -2.48. The van der Waals surface area contributed by atoms with Gasteiger partial charge in [-0.05, 0) is 53.5 Å². The summed E-state index contributed by atoms with van der Waals surface area (Å²) in [5.41, 5.74) is 3.31. The number of ether oxygens (including phenoxy) is 2. The van der Waals surface area contributed by atoms with Crippen LogP contribution in [-0.2, 0) is 19.1 Å². The molecule has 0 amide bonds. The number of ketones is 3. The summed E-state index contributed by atoms with van der Waals surface area (Å²) in [5.74, 6) is -0.762. The van der Waals surface area contributed by atoms with E-state index >= 15 is 0 Å². The standard InChI is InChI=1S/C34H36BrNO6/c1-33(2)14-24-31(26(37)16-33)30(21-8-12-23(41-5)13-9-21)32-25(15-34(3,4)17-27(32)38)36(24)18-29(40)42-19-28(39)20-6-10-22(35)11-7-20/h6-13,30H,14-19H2,1-5H3. The minimum Gasteiger partial charge on any atom is -0.497 e. The molecule has 8 heteroatoms. The number of hydrogen-bond donors (Lipinski definition) is 0. The molecule has 0 aromatic heterocycles. The Hall–Kier alpha value is -3.52. The first kappa shape index (κ1) is 30.0. The molecule has 5 rings (SSSR count). The first-order valence-corrected chi connectivity index (χ1v) is 15.0. The molecule has 0 N–H and O–H groups in total. The number of rotatable bonds is 7. The maximum Gasteiger partial charge on any atom is 0.326 e. The fourth-order valence-electron chi connectivity index (χ4n) is 6.41. The lowest BCUT2D eigenvalue weighted by molar-refractivity contribution is -0.143. The summed E-state index contributed by atoms with van der Waals surface area (Å²) in [6.45, 7) is 7.60. The maximum absolute atomic E-state index is 13.9. The van der Waals surface area contributed by atoms with Crippen LogP contribution in [0.4, 0.5) is 0 Å². The molecule has 3 aliphatic rings. The largest absolute Gasteiger partial charge is 0.497 e. The number of hydrogen-bond acceptors (Lipinski definition) is 7. The molecule has 7 nitrogen and oxygen atoms in total. The van der Waals surface area contributed by atoms with E-state index in [1.165, 1.54) is 0 Å². The van der Waals surface area contributed by atoms with Crippen LogP contribution in [0.1, 0.15) is 75.2 Å². The Labute approximate surface area is 255 Å². The van der Waals surface area contributed by atoms with Crippen molar-refractivity contribution in [1.82, 2.24) is 4.90 Å². The molecule has 0 unspecified atom stereocenters. The maximum atomic E-state index is 13.9. The Morgan fingerprint density at radius 3 is 1.86 bits per heavy atom. The smallest absolute Gasteiger partial charge is 0.326 e. The predicted molar refractivity (Wildman–Crippen MR) is 162 cm³/mol.